The highest BCUT2D eigenvalue weighted by atomic mass is 32.2. The van der Waals surface area contributed by atoms with E-state index >= 15 is 0 Å². The molecule has 2 aromatic carbocycles. The van der Waals surface area contributed by atoms with Gasteiger partial charge in [-0.05, 0) is 73.8 Å². The number of ether oxygens (including phenoxy) is 1. The van der Waals surface area contributed by atoms with Gasteiger partial charge in [-0.25, -0.2) is 9.18 Å². The fourth-order valence-electron chi connectivity index (χ4n) is 6.03. The number of benzene rings is 2. The van der Waals surface area contributed by atoms with Crippen molar-refractivity contribution in [2.75, 3.05) is 47.1 Å². The zero-order chi connectivity index (χ0) is 32.1. The number of hydrogen-bond donors (Lipinski definition) is 1. The van der Waals surface area contributed by atoms with E-state index in [2.05, 4.69) is 44.1 Å². The SMILES string of the molecule is CC(C)(C)[Si](C)(C)OCCN(CCC[C@@H]1CN(c2ccc3c(c2)NC(=O)CS3)C(=O)O1)c1cc2ccc(F)c3c2n(c1=O)CC3. The predicted molar refractivity (Wildman–Crippen MR) is 180 cm³/mol. The number of carbonyl (C=O) groups is 2. The Bertz CT molecular complexity index is 1720. The van der Waals surface area contributed by atoms with Gasteiger partial charge in [0, 0.05) is 41.2 Å². The minimum Gasteiger partial charge on any atom is -0.444 e. The highest BCUT2D eigenvalue weighted by Gasteiger charge is 2.37. The molecule has 0 aliphatic carbocycles. The number of halogens is 1. The Hall–Kier alpha value is -3.35. The number of cyclic esters (lactones) is 1. The lowest BCUT2D eigenvalue weighted by molar-refractivity contribution is -0.113. The summed E-state index contributed by atoms with van der Waals surface area (Å²) in [6.45, 7) is 13.5. The predicted octanol–water partition coefficient (Wildman–Crippen LogP) is 6.37. The largest absolute Gasteiger partial charge is 0.444 e. The van der Waals surface area contributed by atoms with Crippen molar-refractivity contribution >= 4 is 60.0 Å². The number of anilines is 3. The van der Waals surface area contributed by atoms with Gasteiger partial charge in [0.05, 0.1) is 30.1 Å². The Labute approximate surface area is 268 Å². The van der Waals surface area contributed by atoms with Crippen molar-refractivity contribution in [2.45, 2.75) is 75.7 Å². The molecule has 2 amide bonds. The molecule has 1 N–H and O–H groups in total. The summed E-state index contributed by atoms with van der Waals surface area (Å²) in [7, 11) is -2.00. The average Bonchev–Trinajstić information content (AvgIpc) is 3.59. The van der Waals surface area contributed by atoms with E-state index in [4.69, 9.17) is 9.16 Å². The van der Waals surface area contributed by atoms with E-state index in [-0.39, 0.29) is 28.4 Å². The van der Waals surface area contributed by atoms with Crippen LogP contribution in [0.2, 0.25) is 18.1 Å². The van der Waals surface area contributed by atoms with Crippen LogP contribution >= 0.6 is 11.8 Å². The number of thioether (sulfide) groups is 1. The first kappa shape index (κ1) is 31.6. The van der Waals surface area contributed by atoms with Crippen LogP contribution in [0.5, 0.6) is 0 Å². The molecule has 45 heavy (non-hydrogen) atoms. The van der Waals surface area contributed by atoms with Crippen molar-refractivity contribution in [3.63, 3.8) is 0 Å². The Morgan fingerprint density at radius 3 is 2.71 bits per heavy atom. The fraction of sp³-hybridized carbons (Fsp3) is 0.485. The van der Waals surface area contributed by atoms with E-state index in [1.54, 1.807) is 15.5 Å². The third-order valence-electron chi connectivity index (χ3n) is 9.58. The van der Waals surface area contributed by atoms with Gasteiger partial charge in [0.2, 0.25) is 5.91 Å². The number of fused-ring (bicyclic) bond motifs is 1. The number of hydrogen-bond acceptors (Lipinski definition) is 7. The van der Waals surface area contributed by atoms with Crippen molar-refractivity contribution in [2.24, 2.45) is 0 Å². The van der Waals surface area contributed by atoms with Crippen LogP contribution in [0.15, 0.2) is 46.1 Å². The van der Waals surface area contributed by atoms with E-state index in [0.29, 0.717) is 85.9 Å². The fourth-order valence-corrected chi connectivity index (χ4v) is 7.85. The van der Waals surface area contributed by atoms with Crippen LogP contribution in [0.1, 0.15) is 39.2 Å². The Morgan fingerprint density at radius 2 is 1.93 bits per heavy atom. The number of aromatic nitrogens is 1. The van der Waals surface area contributed by atoms with Gasteiger partial charge in [0.1, 0.15) is 17.6 Å². The number of nitrogens with one attached hydrogen (secondary N) is 1. The Morgan fingerprint density at radius 1 is 1.13 bits per heavy atom. The molecule has 1 aromatic heterocycles. The number of carbonyl (C=O) groups excluding carboxylic acids is 2. The molecular weight excluding hydrogens is 612 g/mol. The molecule has 1 atom stereocenters. The van der Waals surface area contributed by atoms with Gasteiger partial charge in [0.25, 0.3) is 5.56 Å². The highest BCUT2D eigenvalue weighted by molar-refractivity contribution is 8.00. The first-order valence-corrected chi connectivity index (χ1v) is 19.5. The zero-order valence-electron chi connectivity index (χ0n) is 26.6. The van der Waals surface area contributed by atoms with Gasteiger partial charge in [-0.2, -0.15) is 0 Å². The van der Waals surface area contributed by atoms with Crippen molar-refractivity contribution in [1.82, 2.24) is 4.57 Å². The molecule has 4 heterocycles. The Balaban J connectivity index is 1.17. The summed E-state index contributed by atoms with van der Waals surface area (Å²) in [5, 5.41) is 3.80. The first-order chi connectivity index (χ1) is 21.3. The number of nitrogens with zero attached hydrogens (tertiary/aromatic N) is 3. The number of amides is 2. The molecular formula is C33H41FN4O5SSi. The quantitative estimate of drug-likeness (QED) is 0.254. The molecule has 3 aliphatic heterocycles. The summed E-state index contributed by atoms with van der Waals surface area (Å²) in [4.78, 5) is 43.1. The average molecular weight is 653 g/mol. The van der Waals surface area contributed by atoms with E-state index in [1.165, 1.54) is 17.8 Å². The van der Waals surface area contributed by atoms with Gasteiger partial charge in [-0.1, -0.05) is 20.8 Å². The van der Waals surface area contributed by atoms with E-state index < -0.39 is 14.4 Å². The topological polar surface area (TPSA) is 93.1 Å². The summed E-state index contributed by atoms with van der Waals surface area (Å²) < 4.78 is 28.4. The number of aryl methyl sites for hydroxylation is 2. The minimum absolute atomic E-state index is 0.0572. The van der Waals surface area contributed by atoms with Crippen LogP contribution in [0.25, 0.3) is 10.9 Å². The monoisotopic (exact) mass is 652 g/mol. The summed E-state index contributed by atoms with van der Waals surface area (Å²) in [5.41, 5.74) is 3.16. The molecule has 3 aromatic rings. The van der Waals surface area contributed by atoms with E-state index in [9.17, 15) is 18.8 Å². The lowest BCUT2D eigenvalue weighted by Gasteiger charge is -2.37. The molecule has 12 heteroatoms. The molecule has 240 valence electrons. The van der Waals surface area contributed by atoms with Gasteiger partial charge in [0.15, 0.2) is 8.32 Å². The second-order valence-electron chi connectivity index (χ2n) is 13.6. The third kappa shape index (κ3) is 6.24. The van der Waals surface area contributed by atoms with Crippen molar-refractivity contribution in [3.8, 4) is 0 Å². The lowest BCUT2D eigenvalue weighted by Crippen LogP contribution is -2.43. The van der Waals surface area contributed by atoms with Crippen LogP contribution in [0, 0.1) is 5.82 Å². The summed E-state index contributed by atoms with van der Waals surface area (Å²) >= 11 is 1.48. The molecule has 9 nitrogen and oxygen atoms in total. The van der Waals surface area contributed by atoms with Crippen LogP contribution < -0.4 is 20.7 Å². The minimum atomic E-state index is -2.00. The molecule has 6 rings (SSSR count). The van der Waals surface area contributed by atoms with Gasteiger partial charge >= 0.3 is 6.09 Å². The first-order valence-electron chi connectivity index (χ1n) is 15.6. The maximum absolute atomic E-state index is 14.5. The maximum Gasteiger partial charge on any atom is 0.414 e. The third-order valence-corrected chi connectivity index (χ3v) is 15.2. The molecule has 0 bridgehead atoms. The van der Waals surface area contributed by atoms with E-state index in [0.717, 1.165) is 10.3 Å². The highest BCUT2D eigenvalue weighted by Crippen LogP contribution is 2.37. The van der Waals surface area contributed by atoms with Crippen LogP contribution in [-0.2, 0) is 26.9 Å². The van der Waals surface area contributed by atoms with Gasteiger partial charge in [-0.3, -0.25) is 14.5 Å². The van der Waals surface area contributed by atoms with Crippen molar-refractivity contribution in [3.05, 3.63) is 58.1 Å². The zero-order valence-corrected chi connectivity index (χ0v) is 28.4. The van der Waals surface area contributed by atoms with Gasteiger partial charge < -0.3 is 23.9 Å². The molecule has 0 radical (unpaired) electrons. The second-order valence-corrected chi connectivity index (χ2v) is 19.4. The van der Waals surface area contributed by atoms with Crippen LogP contribution in [-0.4, -0.2) is 63.0 Å². The summed E-state index contributed by atoms with van der Waals surface area (Å²) in [5.74, 6) is 0.0598. The van der Waals surface area contributed by atoms with Crippen molar-refractivity contribution < 1.29 is 23.1 Å². The molecule has 0 spiro atoms. The normalized spacial score (nSPS) is 17.9. The van der Waals surface area contributed by atoms with Crippen molar-refractivity contribution in [1.29, 1.82) is 0 Å². The summed E-state index contributed by atoms with van der Waals surface area (Å²) in [6.07, 6.45) is 1.11. The summed E-state index contributed by atoms with van der Waals surface area (Å²) in [6, 6.07) is 10.7. The van der Waals surface area contributed by atoms with Crippen LogP contribution in [0.4, 0.5) is 26.2 Å². The lowest BCUT2D eigenvalue weighted by atomic mass is 10.1. The molecule has 3 aliphatic rings. The molecule has 1 fully saturated rings. The van der Waals surface area contributed by atoms with E-state index in [1.807, 2.05) is 24.3 Å². The maximum atomic E-state index is 14.5. The molecule has 1 saturated heterocycles. The molecule has 0 unspecified atom stereocenters. The van der Waals surface area contributed by atoms with Gasteiger partial charge in [-0.15, -0.1) is 11.8 Å². The standard InChI is InChI=1S/C33H41FN4O5SSi/c1-33(2,3)45(4,5)42-16-15-36(27-17-21-8-10-25(34)24-12-14-37(30(21)24)31(27)40)13-6-7-23-19-38(32(41)43-23)22-9-11-28-26(18-22)35-29(39)20-44-28/h8-11,17-18,23H,6-7,12-16,19-20H2,1-5H3,(H,35,39)/t23-/m1/s1. The van der Waals surface area contributed by atoms with Crippen LogP contribution in [0.3, 0.4) is 0 Å². The number of rotatable bonds is 10. The smallest absolute Gasteiger partial charge is 0.414 e. The second kappa shape index (κ2) is 12.1. The Kier molecular flexibility index (Phi) is 8.51. The number of pyridine rings is 1. The molecule has 0 saturated carbocycles.